The predicted molar refractivity (Wildman–Crippen MR) is 118 cm³/mol. The summed E-state index contributed by atoms with van der Waals surface area (Å²) in [6.45, 7) is -0.125. The molecule has 3 atom stereocenters. The number of nitrogens with zero attached hydrogens (tertiary/aromatic N) is 4. The van der Waals surface area contributed by atoms with Gasteiger partial charge in [-0.15, -0.1) is 0 Å². The zero-order valence-electron chi connectivity index (χ0n) is 17.5. The zero-order chi connectivity index (χ0) is 22.9. The molecule has 1 unspecified atom stereocenters. The Morgan fingerprint density at radius 2 is 2.03 bits per heavy atom. The number of rotatable bonds is 4. The van der Waals surface area contributed by atoms with Crippen molar-refractivity contribution in [3.63, 3.8) is 0 Å². The second-order valence-corrected chi connectivity index (χ2v) is 8.86. The van der Waals surface area contributed by atoms with Crippen molar-refractivity contribution in [2.24, 2.45) is 5.92 Å². The molecule has 32 heavy (non-hydrogen) atoms. The van der Waals surface area contributed by atoms with Gasteiger partial charge in [0.2, 0.25) is 11.8 Å². The van der Waals surface area contributed by atoms with Gasteiger partial charge in [0, 0.05) is 31.4 Å². The maximum atomic E-state index is 13.4. The SMILES string of the molecule is COc1ccc([C@H]2C(C#N)C[C@]3(SC(=O)Nc4ccccc4)C(=O)N(C)CC(=O)N23)cn1. The first-order chi connectivity index (χ1) is 15.4. The lowest BCUT2D eigenvalue weighted by atomic mass is 9.95. The van der Waals surface area contributed by atoms with E-state index in [1.807, 2.05) is 6.07 Å². The fourth-order valence-corrected chi connectivity index (χ4v) is 5.54. The van der Waals surface area contributed by atoms with E-state index in [9.17, 15) is 19.6 Å². The number of anilines is 1. The molecule has 2 aromatic rings. The molecule has 1 aromatic carbocycles. The van der Waals surface area contributed by atoms with Crippen molar-refractivity contribution in [2.75, 3.05) is 26.0 Å². The monoisotopic (exact) mass is 451 g/mol. The van der Waals surface area contributed by atoms with Crippen molar-refractivity contribution in [1.29, 1.82) is 5.26 Å². The summed E-state index contributed by atoms with van der Waals surface area (Å²) in [6.07, 6.45) is 1.57. The highest BCUT2D eigenvalue weighted by atomic mass is 32.2. The number of nitrogens with one attached hydrogen (secondary N) is 1. The van der Waals surface area contributed by atoms with Crippen LogP contribution in [0.15, 0.2) is 48.7 Å². The van der Waals surface area contributed by atoms with Gasteiger partial charge in [-0.05, 0) is 29.5 Å². The van der Waals surface area contributed by atoms with Crippen molar-refractivity contribution in [1.82, 2.24) is 14.8 Å². The topological polar surface area (TPSA) is 116 Å². The smallest absolute Gasteiger partial charge is 0.286 e. The van der Waals surface area contributed by atoms with E-state index in [1.165, 1.54) is 30.2 Å². The van der Waals surface area contributed by atoms with E-state index in [2.05, 4.69) is 16.4 Å². The van der Waals surface area contributed by atoms with Crippen molar-refractivity contribution in [2.45, 2.75) is 17.3 Å². The molecule has 0 spiro atoms. The number of nitriles is 1. The third-order valence-corrected chi connectivity index (χ3v) is 6.79. The second kappa shape index (κ2) is 8.51. The van der Waals surface area contributed by atoms with Gasteiger partial charge in [0.25, 0.3) is 11.1 Å². The Morgan fingerprint density at radius 3 is 2.66 bits per heavy atom. The number of carbonyl (C=O) groups excluding carboxylic acids is 3. The van der Waals surface area contributed by atoms with E-state index in [0.717, 1.165) is 11.8 Å². The Morgan fingerprint density at radius 1 is 1.28 bits per heavy atom. The van der Waals surface area contributed by atoms with Gasteiger partial charge in [0.15, 0.2) is 4.87 Å². The number of piperazine rings is 1. The number of benzene rings is 1. The molecule has 0 radical (unpaired) electrons. The van der Waals surface area contributed by atoms with Crippen LogP contribution in [0.3, 0.4) is 0 Å². The molecule has 0 aliphatic carbocycles. The number of hydrogen-bond donors (Lipinski definition) is 1. The molecule has 3 amide bonds. The molecule has 2 aliphatic heterocycles. The molecule has 2 saturated heterocycles. The molecule has 9 nitrogen and oxygen atoms in total. The normalized spacial score (nSPS) is 24.7. The van der Waals surface area contributed by atoms with Crippen LogP contribution in [0.25, 0.3) is 0 Å². The van der Waals surface area contributed by atoms with E-state index < -0.39 is 22.1 Å². The number of carbonyl (C=O) groups is 3. The second-order valence-electron chi connectivity index (χ2n) is 7.61. The quantitative estimate of drug-likeness (QED) is 0.760. The van der Waals surface area contributed by atoms with Crippen LogP contribution in [-0.4, -0.2) is 57.4 Å². The van der Waals surface area contributed by atoms with Crippen LogP contribution >= 0.6 is 11.8 Å². The molecule has 2 aliphatic rings. The minimum atomic E-state index is -1.52. The fourth-order valence-electron chi connectivity index (χ4n) is 4.25. The van der Waals surface area contributed by atoms with Gasteiger partial charge in [-0.3, -0.25) is 14.4 Å². The first kappa shape index (κ1) is 21.6. The lowest BCUT2D eigenvalue weighted by molar-refractivity contribution is -0.156. The van der Waals surface area contributed by atoms with Gasteiger partial charge >= 0.3 is 0 Å². The van der Waals surface area contributed by atoms with E-state index in [4.69, 9.17) is 4.74 Å². The first-order valence-corrected chi connectivity index (χ1v) is 10.7. The van der Waals surface area contributed by atoms with Crippen molar-refractivity contribution < 1.29 is 19.1 Å². The summed E-state index contributed by atoms with van der Waals surface area (Å²) in [6, 6.07) is 13.7. The first-order valence-electron chi connectivity index (χ1n) is 9.92. The highest BCUT2D eigenvalue weighted by Gasteiger charge is 2.63. The summed E-state index contributed by atoms with van der Waals surface area (Å²) in [5.74, 6) is -1.01. The van der Waals surface area contributed by atoms with Crippen LogP contribution in [-0.2, 0) is 9.59 Å². The average Bonchev–Trinajstić information content (AvgIpc) is 3.14. The van der Waals surface area contributed by atoms with Gasteiger partial charge < -0.3 is 19.9 Å². The lowest BCUT2D eigenvalue weighted by Crippen LogP contribution is -2.63. The number of para-hydroxylation sites is 1. The average molecular weight is 452 g/mol. The van der Waals surface area contributed by atoms with Crippen LogP contribution in [0.2, 0.25) is 0 Å². The van der Waals surface area contributed by atoms with Gasteiger partial charge in [0.1, 0.15) is 0 Å². The summed E-state index contributed by atoms with van der Waals surface area (Å²) in [4.78, 5) is 44.9. The number of pyridine rings is 1. The number of hydrogen-bond acceptors (Lipinski definition) is 7. The van der Waals surface area contributed by atoms with Gasteiger partial charge in [-0.1, -0.05) is 24.3 Å². The largest absolute Gasteiger partial charge is 0.481 e. The van der Waals surface area contributed by atoms with Crippen LogP contribution in [0.1, 0.15) is 18.0 Å². The highest BCUT2D eigenvalue weighted by Crippen LogP contribution is 2.54. The Balaban J connectivity index is 1.73. The Bertz CT molecular complexity index is 1090. The summed E-state index contributed by atoms with van der Waals surface area (Å²) in [5.41, 5.74) is 1.18. The van der Waals surface area contributed by atoms with Gasteiger partial charge in [-0.2, -0.15) is 5.26 Å². The molecule has 164 valence electrons. The number of thioether (sulfide) groups is 1. The number of ether oxygens (including phenoxy) is 1. The Kier molecular flexibility index (Phi) is 5.76. The van der Waals surface area contributed by atoms with E-state index in [0.29, 0.717) is 17.1 Å². The van der Waals surface area contributed by atoms with Crippen LogP contribution in [0, 0.1) is 17.2 Å². The molecule has 0 bridgehead atoms. The molecule has 4 rings (SSSR count). The molecule has 3 heterocycles. The number of amides is 3. The van der Waals surface area contributed by atoms with Crippen LogP contribution < -0.4 is 10.1 Å². The molecular weight excluding hydrogens is 430 g/mol. The maximum absolute atomic E-state index is 13.4. The Hall–Kier alpha value is -3.58. The molecule has 0 saturated carbocycles. The summed E-state index contributed by atoms with van der Waals surface area (Å²) >= 11 is 0.742. The van der Waals surface area contributed by atoms with E-state index in [-0.39, 0.29) is 24.8 Å². The standard InChI is InChI=1S/C22H21N5O4S/c1-26-13-18(28)27-19(14-8-9-17(31-2)24-12-14)15(11-23)10-22(27,20(26)29)32-21(30)25-16-6-4-3-5-7-16/h3-9,12,15,19H,10,13H2,1-2H3,(H,25,30)/t15?,19-,22-/m0/s1. The third-order valence-electron chi connectivity index (χ3n) is 5.62. The Labute approximate surface area is 189 Å². The minimum Gasteiger partial charge on any atom is -0.481 e. The fraction of sp³-hybridized carbons (Fsp3) is 0.318. The molecular formula is C22H21N5O4S. The number of methoxy groups -OCH3 is 1. The molecule has 1 N–H and O–H groups in total. The van der Waals surface area contributed by atoms with Crippen molar-refractivity contribution in [3.8, 4) is 11.9 Å². The number of fused-ring (bicyclic) bond motifs is 1. The molecule has 2 fully saturated rings. The predicted octanol–water partition coefficient (Wildman–Crippen LogP) is 2.64. The van der Waals surface area contributed by atoms with Gasteiger partial charge in [0.05, 0.1) is 31.7 Å². The number of aromatic nitrogens is 1. The summed E-state index contributed by atoms with van der Waals surface area (Å²) in [7, 11) is 3.02. The summed E-state index contributed by atoms with van der Waals surface area (Å²) in [5, 5.41) is 12.2. The van der Waals surface area contributed by atoms with Crippen LogP contribution in [0.5, 0.6) is 5.88 Å². The van der Waals surface area contributed by atoms with Crippen molar-refractivity contribution >= 4 is 34.5 Å². The van der Waals surface area contributed by atoms with E-state index >= 15 is 0 Å². The third kappa shape index (κ3) is 3.65. The zero-order valence-corrected chi connectivity index (χ0v) is 18.3. The van der Waals surface area contributed by atoms with Crippen molar-refractivity contribution in [3.05, 3.63) is 54.2 Å². The molecule has 1 aromatic heterocycles. The van der Waals surface area contributed by atoms with E-state index in [1.54, 1.807) is 36.4 Å². The van der Waals surface area contributed by atoms with Crippen LogP contribution in [0.4, 0.5) is 10.5 Å². The number of likely N-dealkylation sites (N-methyl/N-ethyl adjacent to an activating group) is 1. The molecule has 10 heteroatoms. The highest BCUT2D eigenvalue weighted by molar-refractivity contribution is 8.15. The lowest BCUT2D eigenvalue weighted by Gasteiger charge is -2.45. The van der Waals surface area contributed by atoms with Gasteiger partial charge in [-0.25, -0.2) is 4.98 Å². The minimum absolute atomic E-state index is 0.0297. The maximum Gasteiger partial charge on any atom is 0.286 e. The summed E-state index contributed by atoms with van der Waals surface area (Å²) < 4.78 is 5.10.